The first-order valence-corrected chi connectivity index (χ1v) is 2.86. The normalized spacial score (nSPS) is 7.00. The zero-order valence-electron chi connectivity index (χ0n) is 6.20. The van der Waals surface area contributed by atoms with Crippen molar-refractivity contribution in [3.63, 3.8) is 0 Å². The summed E-state index contributed by atoms with van der Waals surface area (Å²) < 4.78 is 0. The lowest BCUT2D eigenvalue weighted by Gasteiger charge is -1.87. The summed E-state index contributed by atoms with van der Waals surface area (Å²) in [7, 11) is 0. The summed E-state index contributed by atoms with van der Waals surface area (Å²) in [6.45, 7) is 5.17. The molecule has 0 aliphatic rings. The van der Waals surface area contributed by atoms with Gasteiger partial charge in [0.05, 0.1) is 0 Å². The topological polar surface area (TPSA) is 86.6 Å². The molecule has 0 fully saturated rings. The van der Waals surface area contributed by atoms with Crippen molar-refractivity contribution in [2.45, 2.75) is 6.92 Å². The lowest BCUT2D eigenvalue weighted by atomic mass is 10.7. The van der Waals surface area contributed by atoms with Crippen molar-refractivity contribution >= 4 is 12.1 Å². The van der Waals surface area contributed by atoms with Crippen LogP contribution in [0.5, 0.6) is 0 Å². The second kappa shape index (κ2) is 8.48. The number of carboxylic acid groups (broad SMARTS) is 2. The molecule has 0 heterocycles. The Morgan fingerprint density at radius 3 is 1.91 bits per heavy atom. The highest BCUT2D eigenvalue weighted by atomic mass is 16.4. The predicted molar refractivity (Wildman–Crippen MR) is 39.5 cm³/mol. The van der Waals surface area contributed by atoms with Gasteiger partial charge in [0.2, 0.25) is 0 Å². The van der Waals surface area contributed by atoms with E-state index in [1.165, 1.54) is 0 Å². The summed E-state index contributed by atoms with van der Waals surface area (Å²) in [6.07, 6.45) is -0.127. The predicted octanol–water partition coefficient (Wildman–Crippen LogP) is 0.531. The molecule has 0 bridgehead atoms. The average molecular weight is 161 g/mol. The van der Waals surface area contributed by atoms with Crippen LogP contribution in [0.3, 0.4) is 0 Å². The standard InChI is InChI=1S/C3H7NO2.C3H4O2/c1-2-4-3(5)6;1-2-3(4)5/h4H,2H2,1H3,(H,5,6);2H,1H2,(H,4,5). The van der Waals surface area contributed by atoms with Gasteiger partial charge in [-0.15, -0.1) is 0 Å². The monoisotopic (exact) mass is 161 g/mol. The van der Waals surface area contributed by atoms with E-state index in [0.29, 0.717) is 6.54 Å². The maximum atomic E-state index is 9.49. The zero-order chi connectivity index (χ0) is 9.28. The molecular formula is C6H11NO4. The molecule has 0 radical (unpaired) electrons. The Bertz CT molecular complexity index is 144. The van der Waals surface area contributed by atoms with Crippen molar-refractivity contribution < 1.29 is 19.8 Å². The van der Waals surface area contributed by atoms with Gasteiger partial charge in [-0.2, -0.15) is 0 Å². The third-order valence-electron chi connectivity index (χ3n) is 0.503. The first-order chi connectivity index (χ1) is 5.04. The lowest BCUT2D eigenvalue weighted by molar-refractivity contribution is -0.131. The van der Waals surface area contributed by atoms with Gasteiger partial charge in [-0.1, -0.05) is 6.58 Å². The van der Waals surface area contributed by atoms with Crippen LogP contribution in [0.2, 0.25) is 0 Å². The Morgan fingerprint density at radius 1 is 1.55 bits per heavy atom. The van der Waals surface area contributed by atoms with E-state index in [1.54, 1.807) is 6.92 Å². The number of rotatable bonds is 2. The molecule has 64 valence electrons. The summed E-state index contributed by atoms with van der Waals surface area (Å²) >= 11 is 0. The molecule has 1 amide bonds. The van der Waals surface area contributed by atoms with Gasteiger partial charge in [-0.25, -0.2) is 9.59 Å². The number of aliphatic carboxylic acids is 1. The molecule has 0 aliphatic carbocycles. The maximum absolute atomic E-state index is 9.49. The van der Waals surface area contributed by atoms with E-state index in [-0.39, 0.29) is 0 Å². The van der Waals surface area contributed by atoms with Crippen molar-refractivity contribution in [2.24, 2.45) is 0 Å². The summed E-state index contributed by atoms with van der Waals surface area (Å²) in [6, 6.07) is 0. The van der Waals surface area contributed by atoms with E-state index in [2.05, 4.69) is 11.9 Å². The van der Waals surface area contributed by atoms with Gasteiger partial charge in [-0.3, -0.25) is 0 Å². The first kappa shape index (κ1) is 12.2. The van der Waals surface area contributed by atoms with Crippen molar-refractivity contribution in [2.75, 3.05) is 6.54 Å². The summed E-state index contributed by atoms with van der Waals surface area (Å²) in [5.41, 5.74) is 0. The molecule has 5 heteroatoms. The Hall–Kier alpha value is -1.52. The van der Waals surface area contributed by atoms with Crippen molar-refractivity contribution in [1.82, 2.24) is 5.32 Å². The summed E-state index contributed by atoms with van der Waals surface area (Å²) in [4.78, 5) is 18.7. The van der Waals surface area contributed by atoms with E-state index >= 15 is 0 Å². The molecular weight excluding hydrogens is 150 g/mol. The van der Waals surface area contributed by atoms with Crippen LogP contribution in [0, 0.1) is 0 Å². The average Bonchev–Trinajstić information content (AvgIpc) is 1.89. The van der Waals surface area contributed by atoms with Crippen molar-refractivity contribution in [3.8, 4) is 0 Å². The van der Waals surface area contributed by atoms with E-state index in [4.69, 9.17) is 10.2 Å². The number of nitrogens with one attached hydrogen (secondary N) is 1. The fraction of sp³-hybridized carbons (Fsp3) is 0.333. The van der Waals surface area contributed by atoms with Crippen LogP contribution in [-0.2, 0) is 4.79 Å². The minimum atomic E-state index is -0.981. The zero-order valence-corrected chi connectivity index (χ0v) is 6.20. The maximum Gasteiger partial charge on any atom is 0.404 e. The molecule has 11 heavy (non-hydrogen) atoms. The molecule has 0 rings (SSSR count). The van der Waals surface area contributed by atoms with Crippen LogP contribution in [-0.4, -0.2) is 28.8 Å². The van der Waals surface area contributed by atoms with E-state index < -0.39 is 12.1 Å². The Balaban J connectivity index is 0. The van der Waals surface area contributed by atoms with Gasteiger partial charge < -0.3 is 15.5 Å². The van der Waals surface area contributed by atoms with Crippen LogP contribution >= 0.6 is 0 Å². The highest BCUT2D eigenvalue weighted by Gasteiger charge is 1.82. The first-order valence-electron chi connectivity index (χ1n) is 2.86. The fourth-order valence-corrected chi connectivity index (χ4v) is 0.151. The van der Waals surface area contributed by atoms with Crippen LogP contribution in [0.4, 0.5) is 4.79 Å². The molecule has 0 aromatic heterocycles. The smallest absolute Gasteiger partial charge is 0.404 e. The lowest BCUT2D eigenvalue weighted by Crippen LogP contribution is -2.19. The minimum absolute atomic E-state index is 0.481. The van der Waals surface area contributed by atoms with Gasteiger partial charge in [0.1, 0.15) is 0 Å². The highest BCUT2D eigenvalue weighted by Crippen LogP contribution is 1.55. The van der Waals surface area contributed by atoms with Crippen molar-refractivity contribution in [1.29, 1.82) is 0 Å². The van der Waals surface area contributed by atoms with Crippen LogP contribution in [0.1, 0.15) is 6.92 Å². The molecule has 5 nitrogen and oxygen atoms in total. The van der Waals surface area contributed by atoms with Gasteiger partial charge >= 0.3 is 12.1 Å². The molecule has 0 aliphatic heterocycles. The molecule has 0 aromatic carbocycles. The van der Waals surface area contributed by atoms with Gasteiger partial charge in [-0.05, 0) is 6.92 Å². The number of carboxylic acids is 1. The molecule has 0 aromatic rings. The summed E-state index contributed by atoms with van der Waals surface area (Å²) in [5.74, 6) is -0.981. The number of hydrogen-bond donors (Lipinski definition) is 3. The molecule has 0 saturated carbocycles. The second-order valence-electron chi connectivity index (χ2n) is 1.38. The van der Waals surface area contributed by atoms with E-state index in [1.807, 2.05) is 0 Å². The molecule has 0 spiro atoms. The number of hydrogen-bond acceptors (Lipinski definition) is 2. The molecule has 0 atom stereocenters. The molecule has 0 unspecified atom stereocenters. The fourth-order valence-electron chi connectivity index (χ4n) is 0.151. The van der Waals surface area contributed by atoms with Gasteiger partial charge in [0.15, 0.2) is 0 Å². The third kappa shape index (κ3) is 29.4. The van der Waals surface area contributed by atoms with Crippen LogP contribution < -0.4 is 5.32 Å². The Kier molecular flexibility index (Phi) is 9.39. The SMILES string of the molecule is C=CC(=O)O.CCNC(=O)O. The Labute approximate surface area is 64.3 Å². The molecule has 3 N–H and O–H groups in total. The quantitative estimate of drug-likeness (QED) is 0.515. The third-order valence-corrected chi connectivity index (χ3v) is 0.503. The molecule has 0 saturated heterocycles. The number of amides is 1. The largest absolute Gasteiger partial charge is 0.478 e. The number of carbonyl (C=O) groups is 2. The highest BCUT2D eigenvalue weighted by molar-refractivity contribution is 5.78. The Morgan fingerprint density at radius 2 is 1.91 bits per heavy atom. The van der Waals surface area contributed by atoms with Crippen LogP contribution in [0.15, 0.2) is 12.7 Å². The van der Waals surface area contributed by atoms with Gasteiger partial charge in [0.25, 0.3) is 0 Å². The van der Waals surface area contributed by atoms with Crippen LogP contribution in [0.25, 0.3) is 0 Å². The second-order valence-corrected chi connectivity index (χ2v) is 1.38. The van der Waals surface area contributed by atoms with E-state index in [0.717, 1.165) is 6.08 Å². The van der Waals surface area contributed by atoms with Crippen molar-refractivity contribution in [3.05, 3.63) is 12.7 Å². The minimum Gasteiger partial charge on any atom is -0.478 e. The van der Waals surface area contributed by atoms with Gasteiger partial charge in [0, 0.05) is 12.6 Å². The van der Waals surface area contributed by atoms with E-state index in [9.17, 15) is 9.59 Å². The summed E-state index contributed by atoms with van der Waals surface area (Å²) in [5, 5.41) is 17.5.